The number of thiocarbonyl (C=S) groups is 3. The van der Waals surface area contributed by atoms with Gasteiger partial charge in [0.05, 0.1) is 19.8 Å². The lowest BCUT2D eigenvalue weighted by Crippen LogP contribution is -1.97. The minimum absolute atomic E-state index is 0.701. The fourth-order valence-electron chi connectivity index (χ4n) is 0.789. The average molecular weight is 355 g/mol. The van der Waals surface area contributed by atoms with Crippen molar-refractivity contribution in [3.8, 4) is 0 Å². The van der Waals surface area contributed by atoms with Crippen LogP contribution in [0.3, 0.4) is 0 Å². The minimum Gasteiger partial charge on any atom is -0.487 e. The van der Waals surface area contributed by atoms with E-state index in [1.165, 1.54) is 0 Å². The molecule has 0 bridgehead atoms. The number of hydrogen-bond donors (Lipinski definition) is 0. The first-order chi connectivity index (χ1) is 9.92. The van der Waals surface area contributed by atoms with Gasteiger partial charge in [-0.15, -0.1) is 0 Å². The number of ether oxygens (including phenoxy) is 3. The van der Waals surface area contributed by atoms with E-state index in [-0.39, 0.29) is 0 Å². The van der Waals surface area contributed by atoms with E-state index in [0.29, 0.717) is 35.0 Å². The third-order valence-electron chi connectivity index (χ3n) is 1.78. The third-order valence-corrected chi connectivity index (χ3v) is 3.00. The summed E-state index contributed by atoms with van der Waals surface area (Å²) >= 11 is 14.2. The zero-order valence-electron chi connectivity index (χ0n) is 14.2. The molecule has 0 fully saturated rings. The number of rotatable bonds is 6. The first-order valence-electron chi connectivity index (χ1n) is 7.39. The molecule has 0 radical (unpaired) electrons. The van der Waals surface area contributed by atoms with Gasteiger partial charge >= 0.3 is 0 Å². The molecule has 0 spiro atoms. The molecule has 0 aliphatic rings. The molecule has 0 saturated heterocycles. The van der Waals surface area contributed by atoms with Crippen molar-refractivity contribution in [2.45, 2.75) is 60.8 Å². The summed E-state index contributed by atoms with van der Waals surface area (Å²) in [6.07, 6.45) is 2.55. The topological polar surface area (TPSA) is 27.7 Å². The van der Waals surface area contributed by atoms with Crippen LogP contribution in [0.25, 0.3) is 0 Å². The fraction of sp³-hybridized carbons (Fsp3) is 0.800. The van der Waals surface area contributed by atoms with Gasteiger partial charge in [-0.05, 0) is 57.4 Å². The van der Waals surface area contributed by atoms with Crippen molar-refractivity contribution >= 4 is 51.8 Å². The Labute approximate surface area is 146 Å². The molecule has 0 N–H and O–H groups in total. The van der Waals surface area contributed by atoms with Crippen LogP contribution in [0.4, 0.5) is 0 Å². The van der Waals surface area contributed by atoms with Gasteiger partial charge in [0.1, 0.15) is 0 Å². The van der Waals surface area contributed by atoms with E-state index in [1.807, 2.05) is 41.5 Å². The summed E-state index contributed by atoms with van der Waals surface area (Å²) in [4.78, 5) is 0. The lowest BCUT2D eigenvalue weighted by Gasteiger charge is -1.97. The second kappa shape index (κ2) is 22.0. The van der Waals surface area contributed by atoms with E-state index in [0.717, 1.165) is 19.3 Å². The molecular weight excluding hydrogens is 324 g/mol. The maximum Gasteiger partial charge on any atom is 0.159 e. The second-order valence-corrected chi connectivity index (χ2v) is 4.84. The summed E-state index contributed by atoms with van der Waals surface area (Å²) in [6, 6.07) is 0. The van der Waals surface area contributed by atoms with Crippen LogP contribution in [0.5, 0.6) is 0 Å². The Morgan fingerprint density at radius 1 is 0.524 bits per heavy atom. The van der Waals surface area contributed by atoms with Crippen molar-refractivity contribution in [3.63, 3.8) is 0 Å². The summed E-state index contributed by atoms with van der Waals surface area (Å²) < 4.78 is 14.8. The van der Waals surface area contributed by atoms with Crippen molar-refractivity contribution in [2.75, 3.05) is 19.8 Å². The van der Waals surface area contributed by atoms with E-state index in [1.54, 1.807) is 0 Å². The molecule has 0 aromatic heterocycles. The Bertz CT molecular complexity index is 226. The zero-order chi connectivity index (χ0) is 17.1. The summed E-state index contributed by atoms with van der Waals surface area (Å²) in [7, 11) is 0. The molecular formula is C15H30O3S3. The van der Waals surface area contributed by atoms with Gasteiger partial charge in [-0.2, -0.15) is 0 Å². The number of hydrogen-bond acceptors (Lipinski definition) is 6. The quantitative estimate of drug-likeness (QED) is 0.602. The van der Waals surface area contributed by atoms with E-state index in [4.69, 9.17) is 50.9 Å². The van der Waals surface area contributed by atoms with Gasteiger partial charge in [0.25, 0.3) is 0 Å². The van der Waals surface area contributed by atoms with Crippen LogP contribution in [0.1, 0.15) is 60.8 Å². The largest absolute Gasteiger partial charge is 0.487 e. The van der Waals surface area contributed by atoms with Crippen molar-refractivity contribution < 1.29 is 14.2 Å². The van der Waals surface area contributed by atoms with Gasteiger partial charge in [0, 0.05) is 19.3 Å². The van der Waals surface area contributed by atoms with Gasteiger partial charge in [-0.25, -0.2) is 0 Å². The highest BCUT2D eigenvalue weighted by Crippen LogP contribution is 1.86. The maximum absolute atomic E-state index is 4.92. The Hall–Kier alpha value is -0.330. The van der Waals surface area contributed by atoms with Crippen LogP contribution in [-0.2, 0) is 14.2 Å². The van der Waals surface area contributed by atoms with Gasteiger partial charge in [0.2, 0.25) is 0 Å². The molecule has 0 aromatic carbocycles. The highest BCUT2D eigenvalue weighted by molar-refractivity contribution is 7.80. The van der Waals surface area contributed by atoms with Crippen molar-refractivity contribution in [1.82, 2.24) is 0 Å². The van der Waals surface area contributed by atoms with Gasteiger partial charge in [0.15, 0.2) is 15.2 Å². The molecule has 21 heavy (non-hydrogen) atoms. The van der Waals surface area contributed by atoms with Crippen molar-refractivity contribution in [1.29, 1.82) is 0 Å². The van der Waals surface area contributed by atoms with Gasteiger partial charge < -0.3 is 14.2 Å². The summed E-state index contributed by atoms with van der Waals surface area (Å²) in [5, 5.41) is 2.13. The summed E-state index contributed by atoms with van der Waals surface area (Å²) in [5.41, 5.74) is 0. The Morgan fingerprint density at radius 3 is 0.762 bits per heavy atom. The first-order valence-corrected chi connectivity index (χ1v) is 8.62. The molecule has 3 nitrogen and oxygen atoms in total. The van der Waals surface area contributed by atoms with E-state index in [2.05, 4.69) is 0 Å². The predicted octanol–water partition coefficient (Wildman–Crippen LogP) is 5.28. The van der Waals surface area contributed by atoms with Gasteiger partial charge in [-0.3, -0.25) is 0 Å². The second-order valence-electron chi connectivity index (χ2n) is 3.48. The molecule has 0 aliphatic heterocycles. The van der Waals surface area contributed by atoms with Crippen LogP contribution < -0.4 is 0 Å². The SMILES string of the molecule is CCOC(=S)CC.CCOC(=S)CC.CCOC(=S)CC. The molecule has 0 saturated carbocycles. The maximum atomic E-state index is 4.92. The van der Waals surface area contributed by atoms with Crippen LogP contribution in [0, 0.1) is 0 Å². The zero-order valence-corrected chi connectivity index (χ0v) is 16.6. The molecule has 126 valence electrons. The van der Waals surface area contributed by atoms with E-state index in [9.17, 15) is 0 Å². The smallest absolute Gasteiger partial charge is 0.159 e. The lowest BCUT2D eigenvalue weighted by atomic mass is 10.5. The Morgan fingerprint density at radius 2 is 0.714 bits per heavy atom. The summed E-state index contributed by atoms with van der Waals surface area (Å²) in [6.45, 7) is 13.9. The molecule has 0 aliphatic carbocycles. The standard InChI is InChI=1S/3C5H10OS/c3*1-3-5(7)6-4-2/h3*3-4H2,1-2H3. The lowest BCUT2D eigenvalue weighted by molar-refractivity contribution is 0.328. The van der Waals surface area contributed by atoms with Crippen LogP contribution in [0.2, 0.25) is 0 Å². The molecule has 0 heterocycles. The summed E-state index contributed by atoms with van der Waals surface area (Å²) in [5.74, 6) is 0. The van der Waals surface area contributed by atoms with E-state index >= 15 is 0 Å². The highest BCUT2D eigenvalue weighted by atomic mass is 32.1. The van der Waals surface area contributed by atoms with Crippen molar-refractivity contribution in [2.24, 2.45) is 0 Å². The molecule has 0 rings (SSSR count). The molecule has 0 amide bonds. The van der Waals surface area contributed by atoms with Crippen LogP contribution in [0.15, 0.2) is 0 Å². The monoisotopic (exact) mass is 354 g/mol. The molecule has 0 unspecified atom stereocenters. The molecule has 6 heteroatoms. The average Bonchev–Trinajstić information content (AvgIpc) is 2.49. The van der Waals surface area contributed by atoms with Crippen LogP contribution in [-0.4, -0.2) is 35.0 Å². The predicted molar refractivity (Wildman–Crippen MR) is 104 cm³/mol. The molecule has 0 aromatic rings. The Balaban J connectivity index is -0.000000231. The van der Waals surface area contributed by atoms with Gasteiger partial charge in [-0.1, -0.05) is 20.8 Å². The molecule has 0 atom stereocenters. The van der Waals surface area contributed by atoms with Crippen LogP contribution >= 0.6 is 36.7 Å². The highest BCUT2D eigenvalue weighted by Gasteiger charge is 1.86. The first kappa shape index (κ1) is 25.6. The minimum atomic E-state index is 0.701. The fourth-order valence-corrected chi connectivity index (χ4v) is 1.14. The normalized spacial score (nSPS) is 8.29. The Kier molecular flexibility index (Phi) is 26.8. The van der Waals surface area contributed by atoms with E-state index < -0.39 is 0 Å². The van der Waals surface area contributed by atoms with Crippen molar-refractivity contribution in [3.05, 3.63) is 0 Å². The third kappa shape index (κ3) is 28.5.